The van der Waals surface area contributed by atoms with Crippen molar-refractivity contribution >= 4 is 7.32 Å². The highest BCUT2D eigenvalue weighted by Gasteiger charge is 2.26. The highest BCUT2D eigenvalue weighted by molar-refractivity contribution is 6.32. The third kappa shape index (κ3) is 1.88. The third-order valence-electron chi connectivity index (χ3n) is 1.92. The van der Waals surface area contributed by atoms with E-state index < -0.39 is 13.4 Å². The number of rotatable bonds is 2. The summed E-state index contributed by atoms with van der Waals surface area (Å²) in [5.41, 5.74) is 0.742. The van der Waals surface area contributed by atoms with Crippen LogP contribution in [0.3, 0.4) is 0 Å². The van der Waals surface area contributed by atoms with Gasteiger partial charge in [0.05, 0.1) is 0 Å². The lowest BCUT2D eigenvalue weighted by Crippen LogP contribution is -2.27. The van der Waals surface area contributed by atoms with E-state index in [9.17, 15) is 0 Å². The number of para-hydroxylation sites is 1. The molecule has 0 aromatic heterocycles. The number of benzene rings is 1. The van der Waals surface area contributed by atoms with Gasteiger partial charge in [0, 0.05) is 5.56 Å². The van der Waals surface area contributed by atoms with Gasteiger partial charge in [-0.15, -0.1) is 0 Å². The Morgan fingerprint density at radius 1 is 1.36 bits per heavy atom. The van der Waals surface area contributed by atoms with Crippen molar-refractivity contribution < 1.29 is 24.5 Å². The molecule has 0 spiro atoms. The summed E-state index contributed by atoms with van der Waals surface area (Å²) < 4.78 is 4.82. The minimum Gasteiger partial charge on any atom is -0.402 e. The Morgan fingerprint density at radius 2 is 2.14 bits per heavy atom. The molecular weight excluding hydrogens is 187 g/mol. The highest BCUT2D eigenvalue weighted by Crippen LogP contribution is 2.31. The summed E-state index contributed by atoms with van der Waals surface area (Å²) in [5, 5.41) is 17.3. The van der Waals surface area contributed by atoms with Gasteiger partial charge in [-0.05, 0) is 6.07 Å². The summed E-state index contributed by atoms with van der Waals surface area (Å²) in [5.74, 6) is 0.532. The van der Waals surface area contributed by atoms with E-state index in [-0.39, 0.29) is 6.61 Å². The van der Waals surface area contributed by atoms with Crippen LogP contribution in [0, 0.1) is 0 Å². The fourth-order valence-electron chi connectivity index (χ4n) is 1.33. The van der Waals surface area contributed by atoms with Crippen molar-refractivity contribution in [3.63, 3.8) is 0 Å². The first kappa shape index (κ1) is 9.48. The zero-order valence-corrected chi connectivity index (χ0v) is 7.29. The van der Waals surface area contributed by atoms with E-state index >= 15 is 0 Å². The number of fused-ring (bicyclic) bond motifs is 1. The maximum atomic E-state index is 8.67. The van der Waals surface area contributed by atoms with Crippen LogP contribution < -0.4 is 4.89 Å². The Hall–Kier alpha value is -1.08. The van der Waals surface area contributed by atoms with Crippen molar-refractivity contribution in [2.75, 3.05) is 6.61 Å². The summed E-state index contributed by atoms with van der Waals surface area (Å²) >= 11 is 0. The normalized spacial score (nSPS) is 19.7. The molecule has 0 saturated carbocycles. The zero-order chi connectivity index (χ0) is 9.97. The summed E-state index contributed by atoms with van der Waals surface area (Å²) in [4.78, 5) is 9.65. The third-order valence-corrected chi connectivity index (χ3v) is 1.92. The average molecular weight is 196 g/mol. The predicted molar refractivity (Wildman–Crippen MR) is 47.0 cm³/mol. The van der Waals surface area contributed by atoms with Crippen molar-refractivity contribution in [2.45, 2.75) is 6.10 Å². The Bertz CT molecular complexity index is 316. The van der Waals surface area contributed by atoms with Crippen LogP contribution in [-0.4, -0.2) is 24.0 Å². The number of hydrogen-bond acceptors (Lipinski definition) is 5. The van der Waals surface area contributed by atoms with Crippen LogP contribution in [0.15, 0.2) is 24.3 Å². The van der Waals surface area contributed by atoms with Gasteiger partial charge in [0.2, 0.25) is 0 Å². The van der Waals surface area contributed by atoms with Crippen molar-refractivity contribution in [1.29, 1.82) is 0 Å². The second kappa shape index (κ2) is 3.97. The fraction of sp³-hybridized carbons (Fsp3) is 0.250. The molecule has 1 unspecified atom stereocenters. The first-order valence-corrected chi connectivity index (χ1v) is 4.17. The van der Waals surface area contributed by atoms with Gasteiger partial charge in [0.25, 0.3) is 0 Å². The minimum atomic E-state index is -1.81. The quantitative estimate of drug-likeness (QED) is 0.516. The van der Waals surface area contributed by atoms with Crippen LogP contribution >= 0.6 is 0 Å². The molecule has 1 atom stereocenters. The van der Waals surface area contributed by atoms with E-state index in [0.29, 0.717) is 5.75 Å². The summed E-state index contributed by atoms with van der Waals surface area (Å²) in [6.07, 6.45) is -0.514. The molecule has 2 rings (SSSR count). The predicted octanol–water partition coefficient (Wildman–Crippen LogP) is 0.0378. The van der Waals surface area contributed by atoms with Gasteiger partial charge in [-0.2, -0.15) is 4.89 Å². The molecule has 1 aliphatic rings. The molecule has 6 heteroatoms. The first-order valence-electron chi connectivity index (χ1n) is 4.17. The fourth-order valence-corrected chi connectivity index (χ4v) is 1.33. The van der Waals surface area contributed by atoms with Crippen molar-refractivity contribution in [2.24, 2.45) is 0 Å². The summed E-state index contributed by atoms with van der Waals surface area (Å²) in [6, 6.07) is 7.10. The average Bonchev–Trinajstić information content (AvgIpc) is 2.18. The lowest BCUT2D eigenvalue weighted by Gasteiger charge is -2.24. The molecule has 0 saturated heterocycles. The largest absolute Gasteiger partial charge is 0.634 e. The van der Waals surface area contributed by atoms with Gasteiger partial charge < -0.3 is 19.6 Å². The van der Waals surface area contributed by atoms with E-state index in [1.54, 1.807) is 18.2 Å². The molecule has 1 heterocycles. The smallest absolute Gasteiger partial charge is 0.402 e. The first-order chi connectivity index (χ1) is 6.77. The van der Waals surface area contributed by atoms with Crippen LogP contribution in [0.1, 0.15) is 11.7 Å². The topological polar surface area (TPSA) is 68.2 Å². The molecule has 14 heavy (non-hydrogen) atoms. The van der Waals surface area contributed by atoms with E-state index in [0.717, 1.165) is 5.56 Å². The molecule has 74 valence electrons. The van der Waals surface area contributed by atoms with Crippen LogP contribution in [0.2, 0.25) is 0 Å². The molecule has 0 radical (unpaired) electrons. The molecule has 0 amide bonds. The lowest BCUT2D eigenvalue weighted by atomic mass is 10.1. The summed E-state index contributed by atoms with van der Waals surface area (Å²) in [6.45, 7) is 0.134. The van der Waals surface area contributed by atoms with Crippen LogP contribution in [-0.2, 0) is 9.54 Å². The maximum absolute atomic E-state index is 8.67. The maximum Gasteiger partial charge on any atom is 0.634 e. The lowest BCUT2D eigenvalue weighted by molar-refractivity contribution is -0.238. The standard InChI is InChI=1S/C8H9BO5/c10-9(11)13-8-5-12-14-7-4-2-1-3-6(7)8/h1-4,8,10-11H,5H2. The zero-order valence-electron chi connectivity index (χ0n) is 7.29. The second-order valence-corrected chi connectivity index (χ2v) is 2.86. The highest BCUT2D eigenvalue weighted by atomic mass is 17.2. The summed E-state index contributed by atoms with van der Waals surface area (Å²) in [7, 11) is -1.81. The van der Waals surface area contributed by atoms with Crippen LogP contribution in [0.5, 0.6) is 5.75 Å². The van der Waals surface area contributed by atoms with E-state index in [1.165, 1.54) is 0 Å². The number of hydrogen-bond donors (Lipinski definition) is 2. The van der Waals surface area contributed by atoms with E-state index in [2.05, 4.69) is 0 Å². The molecule has 5 nitrogen and oxygen atoms in total. The van der Waals surface area contributed by atoms with E-state index in [1.807, 2.05) is 6.07 Å². The molecule has 1 aromatic rings. The molecule has 0 fully saturated rings. The molecule has 1 aliphatic heterocycles. The SMILES string of the molecule is OB(O)OC1COOc2ccccc21. The Kier molecular flexibility index (Phi) is 2.69. The van der Waals surface area contributed by atoms with Crippen LogP contribution in [0.25, 0.3) is 0 Å². The second-order valence-electron chi connectivity index (χ2n) is 2.86. The van der Waals surface area contributed by atoms with Gasteiger partial charge in [-0.25, -0.2) is 0 Å². The van der Waals surface area contributed by atoms with E-state index in [4.69, 9.17) is 24.5 Å². The molecule has 1 aromatic carbocycles. The monoisotopic (exact) mass is 196 g/mol. The van der Waals surface area contributed by atoms with Crippen molar-refractivity contribution in [3.8, 4) is 5.75 Å². The molecule has 0 aliphatic carbocycles. The molecule has 0 bridgehead atoms. The van der Waals surface area contributed by atoms with Crippen molar-refractivity contribution in [1.82, 2.24) is 0 Å². The van der Waals surface area contributed by atoms with Crippen molar-refractivity contribution in [3.05, 3.63) is 29.8 Å². The Morgan fingerprint density at radius 3 is 2.93 bits per heavy atom. The Labute approximate surface area is 80.9 Å². The van der Waals surface area contributed by atoms with Crippen LogP contribution in [0.4, 0.5) is 0 Å². The molecular formula is C8H9BO5. The van der Waals surface area contributed by atoms with Gasteiger partial charge >= 0.3 is 7.32 Å². The van der Waals surface area contributed by atoms with Gasteiger partial charge in [-0.1, -0.05) is 18.2 Å². The molecule has 2 N–H and O–H groups in total. The minimum absolute atomic E-state index is 0.134. The van der Waals surface area contributed by atoms with Gasteiger partial charge in [0.15, 0.2) is 5.75 Å². The van der Waals surface area contributed by atoms with Gasteiger partial charge in [-0.3, -0.25) is 0 Å². The Balaban J connectivity index is 2.22. The van der Waals surface area contributed by atoms with Gasteiger partial charge in [0.1, 0.15) is 12.7 Å².